The Morgan fingerprint density at radius 2 is 1.93 bits per heavy atom. The van der Waals surface area contributed by atoms with Crippen LogP contribution in [0.5, 0.6) is 5.75 Å². The van der Waals surface area contributed by atoms with Gasteiger partial charge in [0.2, 0.25) is 5.91 Å². The Bertz CT molecular complexity index is 929. The van der Waals surface area contributed by atoms with E-state index in [1.165, 1.54) is 13.2 Å². The molecule has 1 heterocycles. The molecule has 8 heteroatoms. The monoisotopic (exact) mass is 416 g/mol. The van der Waals surface area contributed by atoms with Gasteiger partial charge in [0.05, 0.1) is 18.7 Å². The van der Waals surface area contributed by atoms with Gasteiger partial charge in [-0.1, -0.05) is 29.3 Å². The van der Waals surface area contributed by atoms with Gasteiger partial charge in [-0.3, -0.25) is 14.4 Å². The molecule has 1 aliphatic heterocycles. The number of carbonyl (C=O) groups is 3. The molecule has 0 aliphatic carbocycles. The lowest BCUT2D eigenvalue weighted by Crippen LogP contribution is -2.28. The van der Waals surface area contributed by atoms with Crippen molar-refractivity contribution in [3.63, 3.8) is 0 Å². The number of ether oxygens (including phenoxy) is 2. The van der Waals surface area contributed by atoms with Gasteiger partial charge in [0.1, 0.15) is 5.75 Å². The van der Waals surface area contributed by atoms with Crippen molar-refractivity contribution in [3.8, 4) is 5.75 Å². The van der Waals surface area contributed by atoms with Crippen LogP contribution in [0.15, 0.2) is 42.5 Å². The summed E-state index contributed by atoms with van der Waals surface area (Å²) in [6.07, 6.45) is 0.0520. The molecule has 2 amide bonds. The van der Waals surface area contributed by atoms with Crippen LogP contribution in [0.4, 0.5) is 11.4 Å². The minimum Gasteiger partial charge on any atom is -0.495 e. The normalized spacial score (nSPS) is 15.9. The van der Waals surface area contributed by atoms with Crippen molar-refractivity contribution in [3.05, 3.63) is 53.1 Å². The number of aryl methyl sites for hydroxylation is 1. The summed E-state index contributed by atoms with van der Waals surface area (Å²) in [4.78, 5) is 38.3. The van der Waals surface area contributed by atoms with Gasteiger partial charge in [0, 0.05) is 23.7 Å². The van der Waals surface area contributed by atoms with Crippen molar-refractivity contribution < 1.29 is 23.9 Å². The molecule has 0 bridgehead atoms. The average molecular weight is 417 g/mol. The number of nitrogens with one attached hydrogen (secondary N) is 1. The number of nitrogens with zero attached hydrogens (tertiary/aromatic N) is 1. The van der Waals surface area contributed by atoms with E-state index in [9.17, 15) is 14.4 Å². The standard InChI is InChI=1S/C21H21ClN2O5/c1-13-3-6-16(7-4-13)24-11-14(9-20(24)26)21(27)29-12-19(25)23-17-10-15(22)5-8-18(17)28-2/h3-8,10,14H,9,11-12H2,1-2H3,(H,23,25)/t14-/m0/s1. The number of hydrogen-bond acceptors (Lipinski definition) is 5. The molecule has 0 spiro atoms. The third kappa shape index (κ3) is 5.06. The number of halogens is 1. The van der Waals surface area contributed by atoms with Crippen molar-refractivity contribution in [2.24, 2.45) is 5.92 Å². The average Bonchev–Trinajstić information content (AvgIpc) is 3.09. The summed E-state index contributed by atoms with van der Waals surface area (Å²) in [6.45, 7) is 1.72. The second kappa shape index (κ2) is 8.96. The quantitative estimate of drug-likeness (QED) is 0.731. The molecule has 29 heavy (non-hydrogen) atoms. The van der Waals surface area contributed by atoms with Gasteiger partial charge in [0.25, 0.3) is 5.91 Å². The van der Waals surface area contributed by atoms with Gasteiger partial charge in [-0.15, -0.1) is 0 Å². The van der Waals surface area contributed by atoms with Crippen LogP contribution in [-0.2, 0) is 19.1 Å². The zero-order valence-corrected chi connectivity index (χ0v) is 16.9. The van der Waals surface area contributed by atoms with Gasteiger partial charge < -0.3 is 19.7 Å². The molecule has 2 aromatic carbocycles. The molecular formula is C21H21ClN2O5. The number of amides is 2. The number of anilines is 2. The van der Waals surface area contributed by atoms with Crippen LogP contribution in [0.25, 0.3) is 0 Å². The topological polar surface area (TPSA) is 84.9 Å². The molecule has 2 aromatic rings. The number of benzene rings is 2. The van der Waals surface area contributed by atoms with E-state index in [1.807, 2.05) is 31.2 Å². The van der Waals surface area contributed by atoms with E-state index in [2.05, 4.69) is 5.32 Å². The summed E-state index contributed by atoms with van der Waals surface area (Å²) in [5.41, 5.74) is 2.20. The first-order valence-corrected chi connectivity index (χ1v) is 9.42. The first kappa shape index (κ1) is 20.7. The lowest BCUT2D eigenvalue weighted by Gasteiger charge is -2.16. The van der Waals surface area contributed by atoms with Crippen LogP contribution in [0.3, 0.4) is 0 Å². The predicted octanol–water partition coefficient (Wildman–Crippen LogP) is 3.19. The van der Waals surface area contributed by atoms with Crippen LogP contribution >= 0.6 is 11.6 Å². The maximum atomic E-state index is 12.3. The molecule has 3 rings (SSSR count). The van der Waals surface area contributed by atoms with E-state index in [0.29, 0.717) is 16.5 Å². The SMILES string of the molecule is COc1ccc(Cl)cc1NC(=O)COC(=O)[C@H]1CC(=O)N(c2ccc(C)cc2)C1. The molecule has 1 saturated heterocycles. The van der Waals surface area contributed by atoms with Gasteiger partial charge >= 0.3 is 5.97 Å². The van der Waals surface area contributed by atoms with Crippen molar-refractivity contribution in [1.82, 2.24) is 0 Å². The number of hydrogen-bond donors (Lipinski definition) is 1. The van der Waals surface area contributed by atoms with Gasteiger partial charge in [-0.25, -0.2) is 0 Å². The van der Waals surface area contributed by atoms with Crippen LogP contribution in [0.2, 0.25) is 5.02 Å². The van der Waals surface area contributed by atoms with Crippen molar-refractivity contribution in [2.45, 2.75) is 13.3 Å². The zero-order chi connectivity index (χ0) is 21.0. The van der Waals surface area contributed by atoms with Crippen molar-refractivity contribution in [2.75, 3.05) is 30.5 Å². The lowest BCUT2D eigenvalue weighted by molar-refractivity contribution is -0.151. The fourth-order valence-electron chi connectivity index (χ4n) is 3.06. The highest BCUT2D eigenvalue weighted by Crippen LogP contribution is 2.28. The summed E-state index contributed by atoms with van der Waals surface area (Å²) in [7, 11) is 1.47. The largest absolute Gasteiger partial charge is 0.495 e. The van der Waals surface area contributed by atoms with Gasteiger partial charge in [-0.05, 0) is 37.3 Å². The second-order valence-corrected chi connectivity index (χ2v) is 7.18. The summed E-state index contributed by atoms with van der Waals surface area (Å²) < 4.78 is 10.3. The third-order valence-electron chi connectivity index (χ3n) is 4.59. The molecule has 152 valence electrons. The third-order valence-corrected chi connectivity index (χ3v) is 4.82. The first-order valence-electron chi connectivity index (χ1n) is 9.04. The number of rotatable bonds is 6. The molecule has 0 unspecified atom stereocenters. The Morgan fingerprint density at radius 1 is 1.21 bits per heavy atom. The molecule has 1 aliphatic rings. The summed E-state index contributed by atoms with van der Waals surface area (Å²) in [5.74, 6) is -1.44. The van der Waals surface area contributed by atoms with Crippen LogP contribution < -0.4 is 15.0 Å². The van der Waals surface area contributed by atoms with E-state index in [0.717, 1.165) is 11.3 Å². The van der Waals surface area contributed by atoms with Crippen LogP contribution in [0.1, 0.15) is 12.0 Å². The lowest BCUT2D eigenvalue weighted by atomic mass is 10.1. The minimum absolute atomic E-state index is 0.0520. The Kier molecular flexibility index (Phi) is 6.39. The van der Waals surface area contributed by atoms with Gasteiger partial charge in [-0.2, -0.15) is 0 Å². The highest BCUT2D eigenvalue weighted by molar-refractivity contribution is 6.31. The minimum atomic E-state index is -0.614. The maximum absolute atomic E-state index is 12.3. The van der Waals surface area contributed by atoms with Crippen molar-refractivity contribution >= 4 is 40.8 Å². The summed E-state index contributed by atoms with van der Waals surface area (Å²) in [6, 6.07) is 12.3. The maximum Gasteiger partial charge on any atom is 0.311 e. The highest BCUT2D eigenvalue weighted by atomic mass is 35.5. The van der Waals surface area contributed by atoms with E-state index < -0.39 is 24.4 Å². The van der Waals surface area contributed by atoms with E-state index in [1.54, 1.807) is 17.0 Å². The Hall–Kier alpha value is -3.06. The Balaban J connectivity index is 1.54. The van der Waals surface area contributed by atoms with Gasteiger partial charge in [0.15, 0.2) is 6.61 Å². The fraction of sp³-hybridized carbons (Fsp3) is 0.286. The van der Waals surface area contributed by atoms with Crippen LogP contribution in [0, 0.1) is 12.8 Å². The van der Waals surface area contributed by atoms with Crippen LogP contribution in [-0.4, -0.2) is 38.0 Å². The highest BCUT2D eigenvalue weighted by Gasteiger charge is 2.36. The van der Waals surface area contributed by atoms with E-state index in [-0.39, 0.29) is 18.9 Å². The molecule has 1 atom stereocenters. The molecule has 1 N–H and O–H groups in total. The number of carbonyl (C=O) groups excluding carboxylic acids is 3. The Morgan fingerprint density at radius 3 is 2.62 bits per heavy atom. The smallest absolute Gasteiger partial charge is 0.311 e. The van der Waals surface area contributed by atoms with E-state index in [4.69, 9.17) is 21.1 Å². The molecule has 0 aromatic heterocycles. The fourth-order valence-corrected chi connectivity index (χ4v) is 3.23. The van der Waals surface area contributed by atoms with Crippen molar-refractivity contribution in [1.29, 1.82) is 0 Å². The molecular weight excluding hydrogens is 396 g/mol. The molecule has 7 nitrogen and oxygen atoms in total. The first-order chi connectivity index (χ1) is 13.9. The Labute approximate surface area is 173 Å². The summed E-state index contributed by atoms with van der Waals surface area (Å²) in [5, 5.41) is 3.02. The second-order valence-electron chi connectivity index (χ2n) is 6.74. The molecule has 0 saturated carbocycles. The predicted molar refractivity (Wildman–Crippen MR) is 109 cm³/mol. The number of esters is 1. The molecule has 1 fully saturated rings. The van der Waals surface area contributed by atoms with E-state index >= 15 is 0 Å². The number of methoxy groups -OCH3 is 1. The summed E-state index contributed by atoms with van der Waals surface area (Å²) >= 11 is 5.93. The molecule has 0 radical (unpaired) electrons. The zero-order valence-electron chi connectivity index (χ0n) is 16.1.